The first kappa shape index (κ1) is 18.4. The standard InChI is InChI=1S/C19H17F4NO2/c20-16-8-12(17(18(25)26)11-3-1-2-4-11)5-6-15(16)13-7-14(10-24-9-13)19(21,22)23/h5-11,17H,1-4H2,(H,25,26)/t17-/m0/s1. The van der Waals surface area contributed by atoms with Gasteiger partial charge in [0.1, 0.15) is 5.82 Å². The molecule has 1 aliphatic carbocycles. The van der Waals surface area contributed by atoms with E-state index in [0.717, 1.165) is 44.0 Å². The molecule has 1 fully saturated rings. The zero-order chi connectivity index (χ0) is 18.9. The van der Waals surface area contributed by atoms with Crippen molar-refractivity contribution in [2.75, 3.05) is 0 Å². The molecule has 0 amide bonds. The molecule has 0 unspecified atom stereocenters. The molecule has 26 heavy (non-hydrogen) atoms. The number of benzene rings is 1. The van der Waals surface area contributed by atoms with Gasteiger partial charge in [0.2, 0.25) is 0 Å². The van der Waals surface area contributed by atoms with Crippen molar-refractivity contribution < 1.29 is 27.5 Å². The Hall–Kier alpha value is -2.44. The molecule has 1 aliphatic rings. The summed E-state index contributed by atoms with van der Waals surface area (Å²) in [6, 6.07) is 4.76. The Balaban J connectivity index is 1.96. The quantitative estimate of drug-likeness (QED) is 0.750. The first-order valence-electron chi connectivity index (χ1n) is 8.32. The first-order valence-corrected chi connectivity index (χ1v) is 8.32. The van der Waals surface area contributed by atoms with Crippen LogP contribution in [0.3, 0.4) is 0 Å². The summed E-state index contributed by atoms with van der Waals surface area (Å²) in [5, 5.41) is 9.53. The van der Waals surface area contributed by atoms with E-state index >= 15 is 0 Å². The molecule has 1 N–H and O–H groups in total. The van der Waals surface area contributed by atoms with Crippen molar-refractivity contribution in [2.24, 2.45) is 5.92 Å². The summed E-state index contributed by atoms with van der Waals surface area (Å²) in [5.74, 6) is -2.62. The SMILES string of the molecule is O=C(O)[C@H](c1ccc(-c2cncc(C(F)(F)F)c2)c(F)c1)C1CCCC1. The third kappa shape index (κ3) is 3.71. The van der Waals surface area contributed by atoms with E-state index in [1.54, 1.807) is 0 Å². The van der Waals surface area contributed by atoms with Crippen LogP contribution in [0, 0.1) is 11.7 Å². The Kier molecular flexibility index (Phi) is 4.98. The molecule has 7 heteroatoms. The summed E-state index contributed by atoms with van der Waals surface area (Å²) >= 11 is 0. The van der Waals surface area contributed by atoms with Gasteiger partial charge in [0.15, 0.2) is 0 Å². The fourth-order valence-electron chi connectivity index (χ4n) is 3.61. The van der Waals surface area contributed by atoms with Crippen LogP contribution in [0.2, 0.25) is 0 Å². The van der Waals surface area contributed by atoms with Crippen LogP contribution in [0.5, 0.6) is 0 Å². The van der Waals surface area contributed by atoms with Crippen LogP contribution in [-0.2, 0) is 11.0 Å². The van der Waals surface area contributed by atoms with Gasteiger partial charge >= 0.3 is 12.1 Å². The topological polar surface area (TPSA) is 50.2 Å². The van der Waals surface area contributed by atoms with Crippen molar-refractivity contribution in [3.8, 4) is 11.1 Å². The highest BCUT2D eigenvalue weighted by Gasteiger charge is 2.33. The maximum Gasteiger partial charge on any atom is 0.417 e. The van der Waals surface area contributed by atoms with Gasteiger partial charge in [-0.1, -0.05) is 25.0 Å². The Morgan fingerprint density at radius 3 is 2.42 bits per heavy atom. The van der Waals surface area contributed by atoms with Crippen LogP contribution in [0.4, 0.5) is 17.6 Å². The zero-order valence-corrected chi connectivity index (χ0v) is 13.8. The number of hydrogen-bond acceptors (Lipinski definition) is 2. The van der Waals surface area contributed by atoms with Gasteiger partial charge < -0.3 is 5.11 Å². The van der Waals surface area contributed by atoms with Gasteiger partial charge in [0.05, 0.1) is 11.5 Å². The maximum atomic E-state index is 14.6. The molecule has 138 valence electrons. The van der Waals surface area contributed by atoms with Crippen LogP contribution in [0.1, 0.15) is 42.7 Å². The Bertz CT molecular complexity index is 813. The van der Waals surface area contributed by atoms with Crippen LogP contribution in [0.25, 0.3) is 11.1 Å². The van der Waals surface area contributed by atoms with Gasteiger partial charge in [0, 0.05) is 23.5 Å². The molecule has 0 spiro atoms. The van der Waals surface area contributed by atoms with Gasteiger partial charge in [-0.2, -0.15) is 13.2 Å². The van der Waals surface area contributed by atoms with Crippen LogP contribution < -0.4 is 0 Å². The van der Waals surface area contributed by atoms with Gasteiger partial charge in [0.25, 0.3) is 0 Å². The molecule has 1 saturated carbocycles. The fraction of sp³-hybridized carbons (Fsp3) is 0.368. The van der Waals surface area contributed by atoms with E-state index in [1.165, 1.54) is 12.1 Å². The number of aliphatic carboxylic acids is 1. The first-order chi connectivity index (χ1) is 12.3. The van der Waals surface area contributed by atoms with Crippen LogP contribution in [-0.4, -0.2) is 16.1 Å². The van der Waals surface area contributed by atoms with E-state index < -0.39 is 29.4 Å². The minimum atomic E-state index is -4.57. The Morgan fingerprint density at radius 2 is 1.85 bits per heavy atom. The fourth-order valence-corrected chi connectivity index (χ4v) is 3.61. The lowest BCUT2D eigenvalue weighted by Gasteiger charge is -2.20. The highest BCUT2D eigenvalue weighted by atomic mass is 19.4. The number of carboxylic acids is 1. The zero-order valence-electron chi connectivity index (χ0n) is 13.8. The largest absolute Gasteiger partial charge is 0.481 e. The molecule has 1 aromatic carbocycles. The van der Waals surface area contributed by atoms with Crippen LogP contribution in [0.15, 0.2) is 36.7 Å². The van der Waals surface area contributed by atoms with Gasteiger partial charge in [-0.25, -0.2) is 4.39 Å². The second-order valence-electron chi connectivity index (χ2n) is 6.56. The number of aromatic nitrogens is 1. The molecule has 3 nitrogen and oxygen atoms in total. The summed E-state index contributed by atoms with van der Waals surface area (Å²) in [4.78, 5) is 15.2. The van der Waals surface area contributed by atoms with Crippen molar-refractivity contribution in [1.82, 2.24) is 4.98 Å². The average molecular weight is 367 g/mol. The smallest absolute Gasteiger partial charge is 0.417 e. The highest BCUT2D eigenvalue weighted by molar-refractivity contribution is 5.77. The third-order valence-corrected chi connectivity index (χ3v) is 4.87. The number of carboxylic acid groups (broad SMARTS) is 1. The molecule has 3 rings (SSSR count). The van der Waals surface area contributed by atoms with Crippen LogP contribution >= 0.6 is 0 Å². The van der Waals surface area contributed by atoms with Gasteiger partial charge in [-0.15, -0.1) is 0 Å². The monoisotopic (exact) mass is 367 g/mol. The van der Waals surface area contributed by atoms with E-state index in [0.29, 0.717) is 11.8 Å². The van der Waals surface area contributed by atoms with E-state index in [4.69, 9.17) is 0 Å². The molecular formula is C19H17F4NO2. The predicted molar refractivity (Wildman–Crippen MR) is 87.0 cm³/mol. The van der Waals surface area contributed by atoms with Crippen molar-refractivity contribution in [3.05, 3.63) is 53.6 Å². The lowest BCUT2D eigenvalue weighted by Crippen LogP contribution is -2.19. The number of alkyl halides is 3. The summed E-state index contributed by atoms with van der Waals surface area (Å²) in [7, 11) is 0. The number of nitrogens with zero attached hydrogens (tertiary/aromatic N) is 1. The second kappa shape index (κ2) is 7.05. The molecular weight excluding hydrogens is 350 g/mol. The van der Waals surface area contributed by atoms with E-state index in [9.17, 15) is 27.5 Å². The molecule has 0 bridgehead atoms. The molecule has 0 radical (unpaired) electrons. The number of halogens is 4. The number of rotatable bonds is 4. The normalized spacial score (nSPS) is 16.6. The lowest BCUT2D eigenvalue weighted by molar-refractivity contribution is -0.140. The van der Waals surface area contributed by atoms with Gasteiger partial charge in [-0.3, -0.25) is 9.78 Å². The molecule has 1 heterocycles. The Morgan fingerprint density at radius 1 is 1.15 bits per heavy atom. The summed E-state index contributed by atoms with van der Waals surface area (Å²) in [5.41, 5.74) is -0.669. The van der Waals surface area contributed by atoms with Crippen molar-refractivity contribution in [1.29, 1.82) is 0 Å². The summed E-state index contributed by atoms with van der Waals surface area (Å²) in [6.07, 6.45) is 0.706. The summed E-state index contributed by atoms with van der Waals surface area (Å²) < 4.78 is 53.0. The van der Waals surface area contributed by atoms with E-state index in [1.807, 2.05) is 0 Å². The molecule has 0 saturated heterocycles. The predicted octanol–water partition coefficient (Wildman–Crippen LogP) is 5.26. The van der Waals surface area contributed by atoms with Crippen molar-refractivity contribution in [2.45, 2.75) is 37.8 Å². The van der Waals surface area contributed by atoms with Gasteiger partial charge in [-0.05, 0) is 36.5 Å². The van der Waals surface area contributed by atoms with Crippen molar-refractivity contribution >= 4 is 5.97 Å². The lowest BCUT2D eigenvalue weighted by atomic mass is 9.84. The van der Waals surface area contributed by atoms with Crippen molar-refractivity contribution in [3.63, 3.8) is 0 Å². The minimum absolute atomic E-state index is 0.00313. The van der Waals surface area contributed by atoms with E-state index in [2.05, 4.69) is 4.98 Å². The minimum Gasteiger partial charge on any atom is -0.481 e. The highest BCUT2D eigenvalue weighted by Crippen LogP contribution is 2.39. The Labute approximate surface area is 147 Å². The molecule has 1 aromatic heterocycles. The number of carbonyl (C=O) groups is 1. The molecule has 1 atom stereocenters. The second-order valence-corrected chi connectivity index (χ2v) is 6.56. The number of pyridine rings is 1. The third-order valence-electron chi connectivity index (χ3n) is 4.87. The molecule has 0 aliphatic heterocycles. The average Bonchev–Trinajstić information content (AvgIpc) is 3.08. The molecule has 2 aromatic rings. The number of hydrogen-bond donors (Lipinski definition) is 1. The maximum absolute atomic E-state index is 14.6. The summed E-state index contributed by atoms with van der Waals surface area (Å²) in [6.45, 7) is 0. The van der Waals surface area contributed by atoms with E-state index in [-0.39, 0.29) is 17.0 Å².